The van der Waals surface area contributed by atoms with Gasteiger partial charge in [-0.3, -0.25) is 4.98 Å². The lowest BCUT2D eigenvalue weighted by atomic mass is 10.1. The molecule has 0 spiro atoms. The standard InChI is InChI=1S/C15H19BrN4/c1-4-8-18-15-12(16)13(10(2)3)19-14(20-15)11-7-5-6-9-17-11/h5-7,9-10H,4,8H2,1-3H3,(H,18,19,20). The Morgan fingerprint density at radius 3 is 2.65 bits per heavy atom. The van der Waals surface area contributed by atoms with Crippen LogP contribution in [0.15, 0.2) is 28.9 Å². The fourth-order valence-electron chi connectivity index (χ4n) is 1.82. The summed E-state index contributed by atoms with van der Waals surface area (Å²) in [5, 5.41) is 3.34. The fraction of sp³-hybridized carbons (Fsp3) is 0.400. The molecule has 0 saturated heterocycles. The number of aromatic nitrogens is 3. The first-order valence-corrected chi connectivity index (χ1v) is 7.65. The molecule has 0 aliphatic heterocycles. The van der Waals surface area contributed by atoms with E-state index in [1.807, 2.05) is 18.2 Å². The van der Waals surface area contributed by atoms with Crippen LogP contribution in [0.5, 0.6) is 0 Å². The summed E-state index contributed by atoms with van der Waals surface area (Å²) < 4.78 is 0.945. The average molecular weight is 335 g/mol. The van der Waals surface area contributed by atoms with Crippen LogP contribution in [0.25, 0.3) is 11.5 Å². The first-order valence-electron chi connectivity index (χ1n) is 6.86. The van der Waals surface area contributed by atoms with Crippen LogP contribution in [-0.2, 0) is 0 Å². The van der Waals surface area contributed by atoms with Gasteiger partial charge in [-0.2, -0.15) is 0 Å². The molecule has 1 N–H and O–H groups in total. The number of hydrogen-bond donors (Lipinski definition) is 1. The second-order valence-corrected chi connectivity index (χ2v) is 5.68. The van der Waals surface area contributed by atoms with Crippen molar-refractivity contribution >= 4 is 21.7 Å². The van der Waals surface area contributed by atoms with E-state index in [1.54, 1.807) is 6.20 Å². The van der Waals surface area contributed by atoms with Gasteiger partial charge in [0.25, 0.3) is 0 Å². The topological polar surface area (TPSA) is 50.7 Å². The molecule has 106 valence electrons. The fourth-order valence-corrected chi connectivity index (χ4v) is 2.59. The van der Waals surface area contributed by atoms with Crippen LogP contribution in [0.2, 0.25) is 0 Å². The molecule has 0 unspecified atom stereocenters. The van der Waals surface area contributed by atoms with E-state index in [9.17, 15) is 0 Å². The highest BCUT2D eigenvalue weighted by atomic mass is 79.9. The highest BCUT2D eigenvalue weighted by Crippen LogP contribution is 2.30. The van der Waals surface area contributed by atoms with Gasteiger partial charge in [-0.05, 0) is 40.4 Å². The third-order valence-corrected chi connectivity index (χ3v) is 3.64. The quantitative estimate of drug-likeness (QED) is 0.888. The largest absolute Gasteiger partial charge is 0.369 e. The lowest BCUT2D eigenvalue weighted by molar-refractivity contribution is 0.807. The van der Waals surface area contributed by atoms with Crippen LogP contribution in [0, 0.1) is 0 Å². The van der Waals surface area contributed by atoms with E-state index in [2.05, 4.69) is 57.0 Å². The zero-order chi connectivity index (χ0) is 14.5. The SMILES string of the molecule is CCCNc1nc(-c2ccccn2)nc(C(C)C)c1Br. The molecule has 0 aromatic carbocycles. The Bertz CT molecular complexity index is 570. The van der Waals surface area contributed by atoms with E-state index in [1.165, 1.54) is 0 Å². The Morgan fingerprint density at radius 1 is 1.25 bits per heavy atom. The number of rotatable bonds is 5. The minimum atomic E-state index is 0.317. The molecule has 0 amide bonds. The Morgan fingerprint density at radius 2 is 2.05 bits per heavy atom. The number of halogens is 1. The number of anilines is 1. The molecule has 2 aromatic heterocycles. The minimum absolute atomic E-state index is 0.317. The molecule has 0 aliphatic rings. The number of pyridine rings is 1. The summed E-state index contributed by atoms with van der Waals surface area (Å²) in [5.41, 5.74) is 1.79. The zero-order valence-corrected chi connectivity index (χ0v) is 13.6. The van der Waals surface area contributed by atoms with Gasteiger partial charge in [0, 0.05) is 12.7 Å². The predicted octanol–water partition coefficient (Wildman–Crippen LogP) is 4.25. The van der Waals surface area contributed by atoms with Crippen LogP contribution in [0.3, 0.4) is 0 Å². The van der Waals surface area contributed by atoms with Crippen LogP contribution in [-0.4, -0.2) is 21.5 Å². The van der Waals surface area contributed by atoms with Gasteiger partial charge in [-0.25, -0.2) is 9.97 Å². The van der Waals surface area contributed by atoms with Crippen molar-refractivity contribution < 1.29 is 0 Å². The van der Waals surface area contributed by atoms with Crippen molar-refractivity contribution in [1.82, 2.24) is 15.0 Å². The van der Waals surface area contributed by atoms with E-state index in [0.717, 1.165) is 34.6 Å². The van der Waals surface area contributed by atoms with Crippen LogP contribution >= 0.6 is 15.9 Å². The summed E-state index contributed by atoms with van der Waals surface area (Å²) >= 11 is 3.61. The van der Waals surface area contributed by atoms with Crippen molar-refractivity contribution in [3.8, 4) is 11.5 Å². The lowest BCUT2D eigenvalue weighted by Gasteiger charge is -2.14. The molecule has 0 bridgehead atoms. The predicted molar refractivity (Wildman–Crippen MR) is 85.8 cm³/mol. The maximum Gasteiger partial charge on any atom is 0.180 e. The van der Waals surface area contributed by atoms with Crippen molar-refractivity contribution in [1.29, 1.82) is 0 Å². The van der Waals surface area contributed by atoms with Crippen LogP contribution < -0.4 is 5.32 Å². The molecular formula is C15H19BrN4. The van der Waals surface area contributed by atoms with Crippen molar-refractivity contribution in [2.45, 2.75) is 33.1 Å². The molecule has 0 saturated carbocycles. The van der Waals surface area contributed by atoms with Crippen molar-refractivity contribution in [2.24, 2.45) is 0 Å². The summed E-state index contributed by atoms with van der Waals surface area (Å²) in [6, 6.07) is 5.76. The minimum Gasteiger partial charge on any atom is -0.369 e. The Labute approximate surface area is 128 Å². The summed E-state index contributed by atoms with van der Waals surface area (Å²) in [7, 11) is 0. The summed E-state index contributed by atoms with van der Waals surface area (Å²) in [6.07, 6.45) is 2.81. The first kappa shape index (κ1) is 14.9. The van der Waals surface area contributed by atoms with Gasteiger partial charge in [-0.15, -0.1) is 0 Å². The van der Waals surface area contributed by atoms with Gasteiger partial charge in [0.2, 0.25) is 0 Å². The highest BCUT2D eigenvalue weighted by Gasteiger charge is 2.16. The summed E-state index contributed by atoms with van der Waals surface area (Å²) in [6.45, 7) is 7.26. The number of nitrogens with one attached hydrogen (secondary N) is 1. The van der Waals surface area contributed by atoms with E-state index in [4.69, 9.17) is 0 Å². The van der Waals surface area contributed by atoms with Crippen molar-refractivity contribution in [2.75, 3.05) is 11.9 Å². The Balaban J connectivity index is 2.50. The molecule has 4 nitrogen and oxygen atoms in total. The summed E-state index contributed by atoms with van der Waals surface area (Å²) in [5.74, 6) is 1.82. The maximum atomic E-state index is 4.65. The Kier molecular flexibility index (Phi) is 5.06. The molecule has 2 rings (SSSR count). The van der Waals surface area contributed by atoms with Gasteiger partial charge < -0.3 is 5.32 Å². The third kappa shape index (κ3) is 3.33. The number of nitrogens with zero attached hydrogens (tertiary/aromatic N) is 3. The van der Waals surface area contributed by atoms with E-state index in [-0.39, 0.29) is 0 Å². The normalized spacial score (nSPS) is 10.8. The molecule has 0 atom stereocenters. The van der Waals surface area contributed by atoms with Gasteiger partial charge in [0.1, 0.15) is 11.5 Å². The molecule has 2 aromatic rings. The molecular weight excluding hydrogens is 316 g/mol. The van der Waals surface area contributed by atoms with E-state index in [0.29, 0.717) is 11.7 Å². The van der Waals surface area contributed by atoms with E-state index < -0.39 is 0 Å². The Hall–Kier alpha value is -1.49. The molecule has 0 fully saturated rings. The van der Waals surface area contributed by atoms with Gasteiger partial charge in [0.15, 0.2) is 5.82 Å². The van der Waals surface area contributed by atoms with Gasteiger partial charge in [0.05, 0.1) is 10.2 Å². The van der Waals surface area contributed by atoms with E-state index >= 15 is 0 Å². The summed E-state index contributed by atoms with van der Waals surface area (Å²) in [4.78, 5) is 13.6. The van der Waals surface area contributed by atoms with Crippen molar-refractivity contribution in [3.63, 3.8) is 0 Å². The second kappa shape index (κ2) is 6.79. The van der Waals surface area contributed by atoms with Crippen molar-refractivity contribution in [3.05, 3.63) is 34.6 Å². The maximum absolute atomic E-state index is 4.65. The molecule has 5 heteroatoms. The smallest absolute Gasteiger partial charge is 0.180 e. The second-order valence-electron chi connectivity index (χ2n) is 4.89. The molecule has 0 radical (unpaired) electrons. The van der Waals surface area contributed by atoms with Gasteiger partial charge >= 0.3 is 0 Å². The van der Waals surface area contributed by atoms with Gasteiger partial charge in [-0.1, -0.05) is 26.8 Å². The van der Waals surface area contributed by atoms with Crippen LogP contribution in [0.4, 0.5) is 5.82 Å². The molecule has 2 heterocycles. The third-order valence-electron chi connectivity index (χ3n) is 2.86. The molecule has 20 heavy (non-hydrogen) atoms. The lowest BCUT2D eigenvalue weighted by Crippen LogP contribution is -2.08. The zero-order valence-electron chi connectivity index (χ0n) is 12.0. The highest BCUT2D eigenvalue weighted by molar-refractivity contribution is 9.10. The first-order chi connectivity index (χ1) is 9.63. The average Bonchev–Trinajstić information content (AvgIpc) is 2.46. The monoisotopic (exact) mass is 334 g/mol. The molecule has 0 aliphatic carbocycles. The number of hydrogen-bond acceptors (Lipinski definition) is 4. The van der Waals surface area contributed by atoms with Crippen LogP contribution in [0.1, 0.15) is 38.8 Å².